The molecule has 23 heavy (non-hydrogen) atoms. The van der Waals surface area contributed by atoms with Crippen LogP contribution in [0.5, 0.6) is 11.5 Å². The quantitative estimate of drug-likeness (QED) is 0.883. The number of rotatable bonds is 6. The standard InChI is InChI=1S/C18H20FNO3/c1-12-4-6-14(19)11-16(12)20-18(21)9-5-13-10-15(22-2)7-8-17(13)23-3/h4,6-8,10-11H,5,9H2,1-3H3,(H,20,21). The second kappa shape index (κ2) is 7.63. The van der Waals surface area contributed by atoms with Crippen molar-refractivity contribution in [2.24, 2.45) is 0 Å². The molecule has 0 aliphatic heterocycles. The highest BCUT2D eigenvalue weighted by Crippen LogP contribution is 2.25. The molecule has 5 heteroatoms. The number of anilines is 1. The van der Waals surface area contributed by atoms with Crippen molar-refractivity contribution in [1.29, 1.82) is 0 Å². The second-order valence-corrected chi connectivity index (χ2v) is 5.19. The van der Waals surface area contributed by atoms with E-state index in [2.05, 4.69) is 5.32 Å². The summed E-state index contributed by atoms with van der Waals surface area (Å²) in [5.41, 5.74) is 2.20. The minimum Gasteiger partial charge on any atom is -0.497 e. The zero-order valence-corrected chi connectivity index (χ0v) is 13.5. The van der Waals surface area contributed by atoms with Crippen LogP contribution in [-0.2, 0) is 11.2 Å². The average Bonchev–Trinajstić information content (AvgIpc) is 2.56. The predicted molar refractivity (Wildman–Crippen MR) is 87.6 cm³/mol. The summed E-state index contributed by atoms with van der Waals surface area (Å²) in [5, 5.41) is 2.74. The Labute approximate surface area is 135 Å². The van der Waals surface area contributed by atoms with Crippen LogP contribution in [0.15, 0.2) is 36.4 Å². The molecule has 2 rings (SSSR count). The molecule has 0 saturated carbocycles. The molecule has 0 aromatic heterocycles. The first kappa shape index (κ1) is 16.8. The van der Waals surface area contributed by atoms with Crippen LogP contribution >= 0.6 is 0 Å². The van der Waals surface area contributed by atoms with E-state index in [1.165, 1.54) is 12.1 Å². The summed E-state index contributed by atoms with van der Waals surface area (Å²) in [6.45, 7) is 1.82. The van der Waals surface area contributed by atoms with E-state index in [0.29, 0.717) is 23.6 Å². The first-order valence-corrected chi connectivity index (χ1v) is 7.30. The molecule has 0 radical (unpaired) electrons. The average molecular weight is 317 g/mol. The SMILES string of the molecule is COc1ccc(OC)c(CCC(=O)Nc2cc(F)ccc2C)c1. The Morgan fingerprint density at radius 1 is 1.13 bits per heavy atom. The molecule has 0 saturated heterocycles. The van der Waals surface area contributed by atoms with Gasteiger partial charge in [-0.2, -0.15) is 0 Å². The number of carbonyl (C=O) groups excluding carboxylic acids is 1. The number of methoxy groups -OCH3 is 2. The van der Waals surface area contributed by atoms with Crippen molar-refractivity contribution in [2.45, 2.75) is 19.8 Å². The maximum absolute atomic E-state index is 13.2. The van der Waals surface area contributed by atoms with Crippen LogP contribution in [-0.4, -0.2) is 20.1 Å². The summed E-state index contributed by atoms with van der Waals surface area (Å²) >= 11 is 0. The largest absolute Gasteiger partial charge is 0.497 e. The van der Waals surface area contributed by atoms with Crippen molar-refractivity contribution >= 4 is 11.6 Å². The highest BCUT2D eigenvalue weighted by molar-refractivity contribution is 5.91. The molecule has 0 heterocycles. The topological polar surface area (TPSA) is 47.6 Å². The van der Waals surface area contributed by atoms with Gasteiger partial charge in [0.15, 0.2) is 0 Å². The smallest absolute Gasteiger partial charge is 0.224 e. The number of ether oxygens (including phenoxy) is 2. The molecule has 0 bridgehead atoms. The van der Waals surface area contributed by atoms with Gasteiger partial charge in [-0.05, 0) is 54.8 Å². The molecule has 0 atom stereocenters. The van der Waals surface area contributed by atoms with Crippen molar-refractivity contribution in [3.63, 3.8) is 0 Å². The summed E-state index contributed by atoms with van der Waals surface area (Å²) < 4.78 is 23.7. The van der Waals surface area contributed by atoms with Gasteiger partial charge in [0.05, 0.1) is 14.2 Å². The van der Waals surface area contributed by atoms with Crippen molar-refractivity contribution in [1.82, 2.24) is 0 Å². The highest BCUT2D eigenvalue weighted by Gasteiger charge is 2.10. The Morgan fingerprint density at radius 3 is 2.61 bits per heavy atom. The number of nitrogens with one attached hydrogen (secondary N) is 1. The molecule has 1 N–H and O–H groups in total. The van der Waals surface area contributed by atoms with Crippen LogP contribution in [0, 0.1) is 12.7 Å². The Morgan fingerprint density at radius 2 is 1.91 bits per heavy atom. The number of hydrogen-bond acceptors (Lipinski definition) is 3. The van der Waals surface area contributed by atoms with Crippen molar-refractivity contribution in [3.8, 4) is 11.5 Å². The molecule has 1 amide bonds. The summed E-state index contributed by atoms with van der Waals surface area (Å²) in [5.74, 6) is 0.867. The maximum atomic E-state index is 13.2. The lowest BCUT2D eigenvalue weighted by Crippen LogP contribution is -2.13. The highest BCUT2D eigenvalue weighted by atomic mass is 19.1. The van der Waals surface area contributed by atoms with Gasteiger partial charge in [-0.15, -0.1) is 0 Å². The molecule has 122 valence electrons. The fourth-order valence-electron chi connectivity index (χ4n) is 2.27. The number of amides is 1. The molecule has 0 spiro atoms. The molecule has 4 nitrogen and oxygen atoms in total. The normalized spacial score (nSPS) is 10.3. The molecule has 2 aromatic carbocycles. The first-order valence-electron chi connectivity index (χ1n) is 7.30. The number of halogens is 1. The first-order chi connectivity index (χ1) is 11.0. The second-order valence-electron chi connectivity index (χ2n) is 5.19. The molecule has 0 aliphatic carbocycles. The lowest BCUT2D eigenvalue weighted by atomic mass is 10.1. The van der Waals surface area contributed by atoms with Gasteiger partial charge < -0.3 is 14.8 Å². The van der Waals surface area contributed by atoms with Gasteiger partial charge in [0.25, 0.3) is 0 Å². The van der Waals surface area contributed by atoms with E-state index in [9.17, 15) is 9.18 Å². The van der Waals surface area contributed by atoms with Gasteiger partial charge in [-0.25, -0.2) is 4.39 Å². The van der Waals surface area contributed by atoms with Crippen LogP contribution in [0.1, 0.15) is 17.5 Å². The maximum Gasteiger partial charge on any atom is 0.224 e. The van der Waals surface area contributed by atoms with Gasteiger partial charge >= 0.3 is 0 Å². The lowest BCUT2D eigenvalue weighted by molar-refractivity contribution is -0.116. The fraction of sp³-hybridized carbons (Fsp3) is 0.278. The van der Waals surface area contributed by atoms with Crippen molar-refractivity contribution in [2.75, 3.05) is 19.5 Å². The van der Waals surface area contributed by atoms with E-state index in [1.807, 2.05) is 19.1 Å². The summed E-state index contributed by atoms with van der Waals surface area (Å²) in [4.78, 5) is 12.1. The molecular formula is C18H20FNO3. The Hall–Kier alpha value is -2.56. The third-order valence-corrected chi connectivity index (χ3v) is 3.58. The monoisotopic (exact) mass is 317 g/mol. The molecular weight excluding hydrogens is 297 g/mol. The van der Waals surface area contributed by atoms with E-state index < -0.39 is 0 Å². The fourth-order valence-corrected chi connectivity index (χ4v) is 2.27. The van der Waals surface area contributed by atoms with E-state index in [-0.39, 0.29) is 18.1 Å². The van der Waals surface area contributed by atoms with Gasteiger partial charge in [0, 0.05) is 12.1 Å². The molecule has 0 aliphatic rings. The van der Waals surface area contributed by atoms with Gasteiger partial charge in [-0.3, -0.25) is 4.79 Å². The van der Waals surface area contributed by atoms with E-state index in [4.69, 9.17) is 9.47 Å². The lowest BCUT2D eigenvalue weighted by Gasteiger charge is -2.11. The zero-order valence-electron chi connectivity index (χ0n) is 13.5. The summed E-state index contributed by atoms with van der Waals surface area (Å²) in [6.07, 6.45) is 0.764. The molecule has 0 fully saturated rings. The number of benzene rings is 2. The number of hydrogen-bond donors (Lipinski definition) is 1. The Bertz CT molecular complexity index is 701. The predicted octanol–water partition coefficient (Wildman–Crippen LogP) is 3.72. The summed E-state index contributed by atoms with van der Waals surface area (Å²) in [6, 6.07) is 9.78. The Kier molecular flexibility index (Phi) is 5.57. The van der Waals surface area contributed by atoms with Crippen molar-refractivity contribution in [3.05, 3.63) is 53.3 Å². The zero-order chi connectivity index (χ0) is 16.8. The molecule has 2 aromatic rings. The van der Waals surface area contributed by atoms with Crippen LogP contribution in [0.3, 0.4) is 0 Å². The van der Waals surface area contributed by atoms with Crippen LogP contribution in [0.4, 0.5) is 10.1 Å². The van der Waals surface area contributed by atoms with E-state index >= 15 is 0 Å². The number of aryl methyl sites for hydroxylation is 2. The van der Waals surface area contributed by atoms with Crippen LogP contribution in [0.2, 0.25) is 0 Å². The van der Waals surface area contributed by atoms with Crippen LogP contribution < -0.4 is 14.8 Å². The summed E-state index contributed by atoms with van der Waals surface area (Å²) in [7, 11) is 3.17. The van der Waals surface area contributed by atoms with E-state index in [0.717, 1.165) is 11.1 Å². The van der Waals surface area contributed by atoms with Gasteiger partial charge in [0.1, 0.15) is 17.3 Å². The van der Waals surface area contributed by atoms with Gasteiger partial charge in [-0.1, -0.05) is 6.07 Å². The van der Waals surface area contributed by atoms with Gasteiger partial charge in [0.2, 0.25) is 5.91 Å². The van der Waals surface area contributed by atoms with E-state index in [1.54, 1.807) is 26.4 Å². The minimum atomic E-state index is -0.375. The third kappa shape index (κ3) is 4.45. The number of carbonyl (C=O) groups is 1. The Balaban J connectivity index is 2.03. The third-order valence-electron chi connectivity index (χ3n) is 3.58. The minimum absolute atomic E-state index is 0.177. The van der Waals surface area contributed by atoms with Crippen molar-refractivity contribution < 1.29 is 18.7 Å². The van der Waals surface area contributed by atoms with Crippen LogP contribution in [0.25, 0.3) is 0 Å². The molecule has 0 unspecified atom stereocenters.